The highest BCUT2D eigenvalue weighted by Crippen LogP contribution is 2.54. The van der Waals surface area contributed by atoms with E-state index in [0.717, 1.165) is 94.1 Å². The van der Waals surface area contributed by atoms with Gasteiger partial charge in [-0.05, 0) is 97.8 Å². The summed E-state index contributed by atoms with van der Waals surface area (Å²) in [7, 11) is 3.33. The Morgan fingerprint density at radius 2 is 1.54 bits per heavy atom. The van der Waals surface area contributed by atoms with Crippen LogP contribution in [0.1, 0.15) is 95.6 Å². The Labute approximate surface area is 297 Å². The van der Waals surface area contributed by atoms with Gasteiger partial charge in [-0.25, -0.2) is 4.79 Å². The SMILES string of the molecule is C=CC(=C(c1ccc(OC)cc1)c1ccc(C)cc1NC1CCCCC1)C1(c2ccc(OC)cc2)OC(=O)c2cc(C)cc(NCCCC)c21. The molecule has 1 unspecified atom stereocenters. The Kier molecular flexibility index (Phi) is 10.7. The minimum absolute atomic E-state index is 0.365. The second-order valence-electron chi connectivity index (χ2n) is 13.6. The average Bonchev–Trinajstić information content (AvgIpc) is 3.43. The van der Waals surface area contributed by atoms with Gasteiger partial charge in [-0.3, -0.25) is 0 Å². The number of cyclic esters (lactones) is 1. The molecular formula is C44H50N2O4. The summed E-state index contributed by atoms with van der Waals surface area (Å²) in [4.78, 5) is 14.2. The fourth-order valence-electron chi connectivity index (χ4n) is 7.58. The van der Waals surface area contributed by atoms with E-state index in [1.54, 1.807) is 14.2 Å². The van der Waals surface area contributed by atoms with Gasteiger partial charge in [0.2, 0.25) is 0 Å². The average molecular weight is 671 g/mol. The number of methoxy groups -OCH3 is 2. The highest BCUT2D eigenvalue weighted by molar-refractivity contribution is 6.01. The number of hydrogen-bond donors (Lipinski definition) is 2. The molecule has 0 amide bonds. The van der Waals surface area contributed by atoms with Gasteiger partial charge in [0, 0.05) is 46.2 Å². The number of hydrogen-bond acceptors (Lipinski definition) is 6. The van der Waals surface area contributed by atoms with Crippen LogP contribution in [0, 0.1) is 13.8 Å². The Morgan fingerprint density at radius 1 is 0.880 bits per heavy atom. The van der Waals surface area contributed by atoms with Crippen molar-refractivity contribution in [1.82, 2.24) is 0 Å². The molecule has 1 aliphatic carbocycles. The number of rotatable bonds is 13. The van der Waals surface area contributed by atoms with Crippen LogP contribution < -0.4 is 20.1 Å². The molecule has 6 rings (SSSR count). The Morgan fingerprint density at radius 3 is 2.18 bits per heavy atom. The lowest BCUT2D eigenvalue weighted by atomic mass is 9.74. The maximum atomic E-state index is 14.2. The van der Waals surface area contributed by atoms with Crippen molar-refractivity contribution in [1.29, 1.82) is 0 Å². The monoisotopic (exact) mass is 670 g/mol. The van der Waals surface area contributed by atoms with Crippen molar-refractivity contribution in [2.75, 3.05) is 31.4 Å². The van der Waals surface area contributed by atoms with Crippen LogP contribution in [-0.2, 0) is 10.3 Å². The van der Waals surface area contributed by atoms with Crippen molar-refractivity contribution in [2.45, 2.75) is 77.4 Å². The number of esters is 1. The largest absolute Gasteiger partial charge is 0.497 e. The lowest BCUT2D eigenvalue weighted by molar-refractivity contribution is 0.0252. The summed E-state index contributed by atoms with van der Waals surface area (Å²) in [6, 6.07) is 27.0. The number of anilines is 2. The molecule has 1 saturated carbocycles. The lowest BCUT2D eigenvalue weighted by Gasteiger charge is -2.35. The molecule has 2 N–H and O–H groups in total. The molecule has 1 aliphatic heterocycles. The number of benzene rings is 4. The second kappa shape index (κ2) is 15.3. The summed E-state index contributed by atoms with van der Waals surface area (Å²) in [5.74, 6) is 1.12. The van der Waals surface area contributed by atoms with Crippen molar-refractivity contribution in [2.24, 2.45) is 0 Å². The summed E-state index contributed by atoms with van der Waals surface area (Å²) in [5.41, 5.74) is 8.61. The van der Waals surface area contributed by atoms with Gasteiger partial charge in [-0.2, -0.15) is 0 Å². The molecule has 1 atom stereocenters. The van der Waals surface area contributed by atoms with E-state index in [0.29, 0.717) is 11.6 Å². The van der Waals surface area contributed by atoms with Gasteiger partial charge in [0.15, 0.2) is 5.60 Å². The molecule has 1 heterocycles. The van der Waals surface area contributed by atoms with Gasteiger partial charge in [-0.1, -0.05) is 81.7 Å². The van der Waals surface area contributed by atoms with E-state index in [2.05, 4.69) is 67.5 Å². The van der Waals surface area contributed by atoms with Crippen LogP contribution in [-0.4, -0.2) is 32.8 Å². The summed E-state index contributed by atoms with van der Waals surface area (Å²) in [5, 5.41) is 7.65. The number of unbranched alkanes of at least 4 members (excludes halogenated alkanes) is 1. The standard InChI is InChI=1S/C44H50N2O4/c1-7-9-25-45-40-28-30(4)26-37-42(40)44(50-43(37)47,32-18-22-35(49-6)23-19-32)38(8-2)41(31-16-20-34(48-5)21-17-31)36-24-15-29(3)27-39(36)46-33-13-11-10-12-14-33/h8,15-24,26-28,33,45-46H,2,7,9-14,25H2,1,3-6H3. The maximum absolute atomic E-state index is 14.2. The zero-order valence-corrected chi connectivity index (χ0v) is 30.2. The van der Waals surface area contributed by atoms with E-state index in [4.69, 9.17) is 14.2 Å². The van der Waals surface area contributed by atoms with E-state index < -0.39 is 5.60 Å². The van der Waals surface area contributed by atoms with Crippen LogP contribution in [0.3, 0.4) is 0 Å². The molecule has 0 bridgehead atoms. The van der Waals surface area contributed by atoms with E-state index in [1.807, 2.05) is 55.5 Å². The smallest absolute Gasteiger partial charge is 0.340 e. The molecular weight excluding hydrogens is 620 g/mol. The quantitative estimate of drug-likeness (QED) is 0.0838. The van der Waals surface area contributed by atoms with E-state index in [9.17, 15) is 4.79 Å². The molecule has 6 nitrogen and oxygen atoms in total. The fourth-order valence-corrected chi connectivity index (χ4v) is 7.58. The van der Waals surface area contributed by atoms with Crippen molar-refractivity contribution < 1.29 is 19.0 Å². The van der Waals surface area contributed by atoms with Gasteiger partial charge in [0.25, 0.3) is 0 Å². The number of ether oxygens (including phenoxy) is 3. The first-order valence-corrected chi connectivity index (χ1v) is 18.0. The van der Waals surface area contributed by atoms with Crippen molar-refractivity contribution in [3.63, 3.8) is 0 Å². The topological polar surface area (TPSA) is 68.8 Å². The van der Waals surface area contributed by atoms with Crippen LogP contribution in [0.5, 0.6) is 11.5 Å². The van der Waals surface area contributed by atoms with E-state index in [-0.39, 0.29) is 5.97 Å². The zero-order chi connectivity index (χ0) is 35.3. The Hall–Kier alpha value is -4.97. The molecule has 260 valence electrons. The van der Waals surface area contributed by atoms with Crippen LogP contribution in [0.4, 0.5) is 11.4 Å². The van der Waals surface area contributed by atoms with E-state index >= 15 is 0 Å². The number of aryl methyl sites for hydroxylation is 2. The van der Waals surface area contributed by atoms with Crippen molar-refractivity contribution in [3.8, 4) is 11.5 Å². The van der Waals surface area contributed by atoms with Gasteiger partial charge >= 0.3 is 5.97 Å². The second-order valence-corrected chi connectivity index (χ2v) is 13.6. The van der Waals surface area contributed by atoms with Gasteiger partial charge in [-0.15, -0.1) is 0 Å². The molecule has 4 aromatic rings. The number of nitrogens with one attached hydrogen (secondary N) is 2. The molecule has 0 spiro atoms. The maximum Gasteiger partial charge on any atom is 0.340 e. The van der Waals surface area contributed by atoms with Crippen LogP contribution in [0.25, 0.3) is 5.57 Å². The number of fused-ring (bicyclic) bond motifs is 1. The van der Waals surface area contributed by atoms with Gasteiger partial charge < -0.3 is 24.8 Å². The first-order chi connectivity index (χ1) is 24.3. The molecule has 0 saturated heterocycles. The molecule has 0 radical (unpaired) electrons. The highest BCUT2D eigenvalue weighted by atomic mass is 16.6. The number of carbonyl (C=O) groups excluding carboxylic acids is 1. The predicted octanol–water partition coefficient (Wildman–Crippen LogP) is 10.4. The molecule has 6 heteroatoms. The van der Waals surface area contributed by atoms with Crippen LogP contribution >= 0.6 is 0 Å². The summed E-state index contributed by atoms with van der Waals surface area (Å²) in [6.45, 7) is 11.6. The summed E-state index contributed by atoms with van der Waals surface area (Å²) < 4.78 is 18.0. The molecule has 0 aromatic heterocycles. The molecule has 2 aliphatic rings. The number of carbonyl (C=O) groups is 1. The summed E-state index contributed by atoms with van der Waals surface area (Å²) in [6.07, 6.45) is 9.91. The third-order valence-corrected chi connectivity index (χ3v) is 10.1. The van der Waals surface area contributed by atoms with Crippen molar-refractivity contribution >= 4 is 22.9 Å². The van der Waals surface area contributed by atoms with Crippen LogP contribution in [0.2, 0.25) is 0 Å². The minimum atomic E-state index is -1.33. The minimum Gasteiger partial charge on any atom is -0.497 e. The third kappa shape index (κ3) is 6.76. The Bertz CT molecular complexity index is 1870. The van der Waals surface area contributed by atoms with E-state index in [1.165, 1.54) is 24.8 Å². The zero-order valence-electron chi connectivity index (χ0n) is 30.2. The first kappa shape index (κ1) is 34.9. The van der Waals surface area contributed by atoms with Gasteiger partial charge in [0.1, 0.15) is 11.5 Å². The predicted molar refractivity (Wildman–Crippen MR) is 205 cm³/mol. The van der Waals surface area contributed by atoms with Gasteiger partial charge in [0.05, 0.1) is 19.8 Å². The van der Waals surface area contributed by atoms with Crippen molar-refractivity contribution in [3.05, 3.63) is 136 Å². The van der Waals surface area contributed by atoms with Crippen LogP contribution in [0.15, 0.2) is 97.1 Å². The lowest BCUT2D eigenvalue weighted by Crippen LogP contribution is -2.32. The first-order valence-electron chi connectivity index (χ1n) is 18.0. The molecule has 1 fully saturated rings. The Balaban J connectivity index is 1.72. The fraction of sp³-hybridized carbons (Fsp3) is 0.341. The molecule has 50 heavy (non-hydrogen) atoms. The normalized spacial score (nSPS) is 17.7. The molecule has 4 aromatic carbocycles. The summed E-state index contributed by atoms with van der Waals surface area (Å²) >= 11 is 0. The third-order valence-electron chi connectivity index (χ3n) is 10.1. The highest BCUT2D eigenvalue weighted by Gasteiger charge is 2.52.